The molecule has 0 radical (unpaired) electrons. The van der Waals surface area contributed by atoms with Crippen LogP contribution >= 0.6 is 11.8 Å². The Bertz CT molecular complexity index is 610. The van der Waals surface area contributed by atoms with Gasteiger partial charge in [0.25, 0.3) is 0 Å². The lowest BCUT2D eigenvalue weighted by atomic mass is 10.0. The highest BCUT2D eigenvalue weighted by Crippen LogP contribution is 2.33. The second-order valence-electron chi connectivity index (χ2n) is 6.12. The summed E-state index contributed by atoms with van der Waals surface area (Å²) in [6.07, 6.45) is 3.34. The summed E-state index contributed by atoms with van der Waals surface area (Å²) < 4.78 is 5.23. The SMILES string of the molecule is COc1ccccc1NC(=O)CCCC[C@H]1SC[C@@H]2NC(=O)N[C@H]21. The zero-order valence-corrected chi connectivity index (χ0v) is 14.5. The Morgan fingerprint density at radius 3 is 3.00 bits per heavy atom. The van der Waals surface area contributed by atoms with Crippen LogP contribution in [0.4, 0.5) is 10.5 Å². The van der Waals surface area contributed by atoms with E-state index in [0.717, 1.165) is 25.0 Å². The van der Waals surface area contributed by atoms with E-state index in [2.05, 4.69) is 16.0 Å². The van der Waals surface area contributed by atoms with Gasteiger partial charge in [0, 0.05) is 17.4 Å². The van der Waals surface area contributed by atoms with Gasteiger partial charge in [-0.2, -0.15) is 11.8 Å². The fraction of sp³-hybridized carbons (Fsp3) is 0.529. The van der Waals surface area contributed by atoms with Gasteiger partial charge in [0.15, 0.2) is 0 Å². The molecule has 2 fully saturated rings. The van der Waals surface area contributed by atoms with Crippen LogP contribution in [0.15, 0.2) is 24.3 Å². The largest absolute Gasteiger partial charge is 0.495 e. The minimum absolute atomic E-state index is 0.00675. The number of urea groups is 1. The molecule has 2 aliphatic heterocycles. The number of anilines is 1. The summed E-state index contributed by atoms with van der Waals surface area (Å²) in [6, 6.07) is 7.86. The smallest absolute Gasteiger partial charge is 0.315 e. The quantitative estimate of drug-likeness (QED) is 0.521. The van der Waals surface area contributed by atoms with Crippen molar-refractivity contribution in [1.82, 2.24) is 10.6 Å². The summed E-state index contributed by atoms with van der Waals surface area (Å²) in [7, 11) is 1.59. The maximum atomic E-state index is 12.1. The van der Waals surface area contributed by atoms with Crippen molar-refractivity contribution < 1.29 is 14.3 Å². The van der Waals surface area contributed by atoms with E-state index in [4.69, 9.17) is 4.74 Å². The minimum Gasteiger partial charge on any atom is -0.495 e. The van der Waals surface area contributed by atoms with E-state index < -0.39 is 0 Å². The van der Waals surface area contributed by atoms with Gasteiger partial charge in [-0.05, 0) is 25.0 Å². The molecule has 3 atom stereocenters. The summed E-state index contributed by atoms with van der Waals surface area (Å²) in [4.78, 5) is 23.4. The molecule has 3 N–H and O–H groups in total. The predicted molar refractivity (Wildman–Crippen MR) is 95.6 cm³/mol. The predicted octanol–water partition coefficient (Wildman–Crippen LogP) is 2.36. The maximum Gasteiger partial charge on any atom is 0.315 e. The highest BCUT2D eigenvalue weighted by Gasteiger charge is 2.42. The molecule has 0 spiro atoms. The van der Waals surface area contributed by atoms with Crippen LogP contribution < -0.4 is 20.7 Å². The Kier molecular flexibility index (Phi) is 5.50. The first kappa shape index (κ1) is 17.0. The number of hydrogen-bond donors (Lipinski definition) is 3. The van der Waals surface area contributed by atoms with Gasteiger partial charge in [-0.1, -0.05) is 18.6 Å². The van der Waals surface area contributed by atoms with Crippen molar-refractivity contribution in [2.24, 2.45) is 0 Å². The van der Waals surface area contributed by atoms with E-state index in [0.29, 0.717) is 23.1 Å². The molecule has 0 saturated carbocycles. The number of para-hydroxylation sites is 2. The summed E-state index contributed by atoms with van der Waals surface area (Å²) >= 11 is 1.91. The second-order valence-corrected chi connectivity index (χ2v) is 7.39. The minimum atomic E-state index is -0.0495. The molecule has 2 saturated heterocycles. The van der Waals surface area contributed by atoms with E-state index in [1.165, 1.54) is 0 Å². The first-order chi connectivity index (χ1) is 11.7. The zero-order valence-electron chi connectivity index (χ0n) is 13.7. The molecule has 0 unspecified atom stereocenters. The van der Waals surface area contributed by atoms with Crippen LogP contribution in [0.5, 0.6) is 5.75 Å². The van der Waals surface area contributed by atoms with Gasteiger partial charge in [-0.15, -0.1) is 0 Å². The molecule has 0 aliphatic carbocycles. The first-order valence-electron chi connectivity index (χ1n) is 8.29. The molecule has 2 heterocycles. The number of ether oxygens (including phenoxy) is 1. The van der Waals surface area contributed by atoms with Gasteiger partial charge in [0.2, 0.25) is 5.91 Å². The second kappa shape index (κ2) is 7.79. The maximum absolute atomic E-state index is 12.1. The van der Waals surface area contributed by atoms with Gasteiger partial charge < -0.3 is 20.7 Å². The first-order valence-corrected chi connectivity index (χ1v) is 9.34. The summed E-state index contributed by atoms with van der Waals surface area (Å²) in [5, 5.41) is 9.29. The lowest BCUT2D eigenvalue weighted by molar-refractivity contribution is -0.116. The van der Waals surface area contributed by atoms with Crippen LogP contribution in [-0.2, 0) is 4.79 Å². The van der Waals surface area contributed by atoms with Gasteiger partial charge in [0.1, 0.15) is 5.75 Å². The van der Waals surface area contributed by atoms with Crippen LogP contribution in [0.1, 0.15) is 25.7 Å². The lowest BCUT2D eigenvalue weighted by Gasteiger charge is -2.16. The number of unbranched alkanes of at least 4 members (excludes halogenated alkanes) is 1. The Labute approximate surface area is 146 Å². The molecule has 3 rings (SSSR count). The Morgan fingerprint density at radius 2 is 2.17 bits per heavy atom. The van der Waals surface area contributed by atoms with Gasteiger partial charge in [-0.3, -0.25) is 4.79 Å². The highest BCUT2D eigenvalue weighted by atomic mass is 32.2. The van der Waals surface area contributed by atoms with Crippen molar-refractivity contribution in [3.05, 3.63) is 24.3 Å². The van der Waals surface area contributed by atoms with Crippen LogP contribution in [0, 0.1) is 0 Å². The fourth-order valence-corrected chi connectivity index (χ4v) is 4.78. The number of rotatable bonds is 7. The van der Waals surface area contributed by atoms with E-state index in [1.54, 1.807) is 7.11 Å². The van der Waals surface area contributed by atoms with E-state index in [1.807, 2.05) is 36.0 Å². The number of amides is 3. The molecule has 1 aromatic rings. The average Bonchev–Trinajstić information content (AvgIpc) is 3.11. The fourth-order valence-electron chi connectivity index (χ4n) is 3.23. The molecule has 1 aromatic carbocycles. The standard InChI is InChI=1S/C17H23N3O3S/c1-23-13-7-3-2-6-11(13)18-15(21)9-5-4-8-14-16-12(10-24-14)19-17(22)20-16/h2-3,6-7,12,14,16H,4-5,8-10H2,1H3,(H,18,21)(H2,19,20,22)/t12-,14+,16+/m0/s1. The van der Waals surface area contributed by atoms with Crippen LogP contribution in [-0.4, -0.2) is 42.1 Å². The van der Waals surface area contributed by atoms with Gasteiger partial charge in [-0.25, -0.2) is 4.79 Å². The number of carbonyl (C=O) groups excluding carboxylic acids is 2. The number of nitrogens with one attached hydrogen (secondary N) is 3. The molecular formula is C17H23N3O3S. The number of methoxy groups -OCH3 is 1. The monoisotopic (exact) mass is 349 g/mol. The summed E-state index contributed by atoms with van der Waals surface area (Å²) in [5.74, 6) is 1.65. The number of carbonyl (C=O) groups is 2. The van der Waals surface area contributed by atoms with Crippen molar-refractivity contribution in [1.29, 1.82) is 0 Å². The van der Waals surface area contributed by atoms with Crippen LogP contribution in [0.25, 0.3) is 0 Å². The molecule has 130 valence electrons. The molecule has 7 heteroatoms. The summed E-state index contributed by atoms with van der Waals surface area (Å²) in [6.45, 7) is 0. The number of fused-ring (bicyclic) bond motifs is 1. The Hall–Kier alpha value is -1.89. The molecule has 6 nitrogen and oxygen atoms in total. The normalized spacial score (nSPS) is 24.9. The van der Waals surface area contributed by atoms with E-state index in [-0.39, 0.29) is 24.0 Å². The van der Waals surface area contributed by atoms with E-state index in [9.17, 15) is 9.59 Å². The topological polar surface area (TPSA) is 79.5 Å². The molecule has 24 heavy (non-hydrogen) atoms. The third kappa shape index (κ3) is 3.95. The van der Waals surface area contributed by atoms with Gasteiger partial charge >= 0.3 is 6.03 Å². The van der Waals surface area contributed by atoms with Gasteiger partial charge in [0.05, 0.1) is 24.9 Å². The third-order valence-corrected chi connectivity index (χ3v) is 5.97. The Morgan fingerprint density at radius 1 is 1.33 bits per heavy atom. The molecule has 0 bridgehead atoms. The van der Waals surface area contributed by atoms with Crippen LogP contribution in [0.2, 0.25) is 0 Å². The van der Waals surface area contributed by atoms with Crippen molar-refractivity contribution in [2.75, 3.05) is 18.2 Å². The zero-order chi connectivity index (χ0) is 16.9. The van der Waals surface area contributed by atoms with E-state index >= 15 is 0 Å². The number of benzene rings is 1. The number of thioether (sulfide) groups is 1. The summed E-state index contributed by atoms with van der Waals surface area (Å²) in [5.41, 5.74) is 0.707. The highest BCUT2D eigenvalue weighted by molar-refractivity contribution is 8.00. The molecule has 0 aromatic heterocycles. The molecule has 3 amide bonds. The van der Waals surface area contributed by atoms with Crippen molar-refractivity contribution in [3.63, 3.8) is 0 Å². The van der Waals surface area contributed by atoms with Crippen molar-refractivity contribution in [3.8, 4) is 5.75 Å². The molecule has 2 aliphatic rings. The Balaban J connectivity index is 1.37. The van der Waals surface area contributed by atoms with Crippen molar-refractivity contribution in [2.45, 2.75) is 43.0 Å². The molecular weight excluding hydrogens is 326 g/mol. The number of hydrogen-bond acceptors (Lipinski definition) is 4. The van der Waals surface area contributed by atoms with Crippen LogP contribution in [0.3, 0.4) is 0 Å². The lowest BCUT2D eigenvalue weighted by Crippen LogP contribution is -2.36. The van der Waals surface area contributed by atoms with Crippen molar-refractivity contribution >= 4 is 29.4 Å². The third-order valence-electron chi connectivity index (χ3n) is 4.46. The average molecular weight is 349 g/mol.